The highest BCUT2D eigenvalue weighted by Crippen LogP contribution is 2.17. The van der Waals surface area contributed by atoms with E-state index in [-0.39, 0.29) is 29.9 Å². The second-order valence-electron chi connectivity index (χ2n) is 8.15. The number of carboxylic acid groups (broad SMARTS) is 1. The van der Waals surface area contributed by atoms with Gasteiger partial charge in [-0.25, -0.2) is 0 Å². The Morgan fingerprint density at radius 2 is 1.79 bits per heavy atom. The molecule has 1 rings (SSSR count). The topological polar surface area (TPSA) is 164 Å². The van der Waals surface area contributed by atoms with Gasteiger partial charge in [0.25, 0.3) is 0 Å². The number of ketones is 1. The summed E-state index contributed by atoms with van der Waals surface area (Å²) in [4.78, 5) is 32.4. The average molecular weight is 499 g/mol. The molecule has 0 bridgehead atoms. The van der Waals surface area contributed by atoms with E-state index in [2.05, 4.69) is 6.92 Å². The molecule has 0 radical (unpaired) electrons. The van der Waals surface area contributed by atoms with Crippen molar-refractivity contribution >= 4 is 28.6 Å². The van der Waals surface area contributed by atoms with E-state index in [1.54, 1.807) is 12.2 Å². The van der Waals surface area contributed by atoms with Crippen molar-refractivity contribution in [3.8, 4) is 0 Å². The minimum atomic E-state index is -0.779. The fourth-order valence-electron chi connectivity index (χ4n) is 2.94. The second-order valence-corrected chi connectivity index (χ2v) is 9.17. The Balaban J connectivity index is 0.00000156. The first-order valence-corrected chi connectivity index (χ1v) is 12.9. The Labute approximate surface area is 207 Å². The number of rotatable bonds is 17. The van der Waals surface area contributed by atoms with Crippen LogP contribution in [-0.4, -0.2) is 62.7 Å². The first-order chi connectivity index (χ1) is 16.2. The predicted molar refractivity (Wildman–Crippen MR) is 137 cm³/mol. The van der Waals surface area contributed by atoms with Crippen molar-refractivity contribution in [3.05, 3.63) is 36.5 Å². The monoisotopic (exact) mass is 498 g/mol. The molecule has 0 aliphatic carbocycles. The van der Waals surface area contributed by atoms with Crippen LogP contribution in [0.15, 0.2) is 36.5 Å². The summed E-state index contributed by atoms with van der Waals surface area (Å²) >= 11 is 1.30. The number of aliphatic hydroxyl groups excluding tert-OH is 2. The van der Waals surface area contributed by atoms with Gasteiger partial charge in [-0.1, -0.05) is 74.4 Å². The lowest BCUT2D eigenvalue weighted by Gasteiger charge is -2.18. The lowest BCUT2D eigenvalue weighted by atomic mass is 9.92. The van der Waals surface area contributed by atoms with Crippen LogP contribution in [-0.2, 0) is 14.4 Å². The highest BCUT2D eigenvalue weighted by atomic mass is 32.2. The number of allylic oxidation sites excluding steroid dienone is 3. The summed E-state index contributed by atoms with van der Waals surface area (Å²) in [6, 6.07) is -0.144. The van der Waals surface area contributed by atoms with E-state index in [0.29, 0.717) is 25.7 Å². The van der Waals surface area contributed by atoms with Crippen LogP contribution >= 0.6 is 11.8 Å². The van der Waals surface area contributed by atoms with Crippen molar-refractivity contribution in [2.24, 2.45) is 17.4 Å². The maximum atomic E-state index is 12.0. The fraction of sp³-hybridized carbons (Fsp3) is 0.640. The molecule has 1 aliphatic rings. The Morgan fingerprint density at radius 1 is 1.12 bits per heavy atom. The van der Waals surface area contributed by atoms with Crippen molar-refractivity contribution in [1.29, 1.82) is 0 Å². The number of hydrogen-bond acceptors (Lipinski definition) is 8. The summed E-state index contributed by atoms with van der Waals surface area (Å²) in [5.41, 5.74) is 10.6. The van der Waals surface area contributed by atoms with Crippen molar-refractivity contribution in [2.75, 3.05) is 12.3 Å². The number of carbonyl (C=O) groups excluding carboxylic acids is 2. The van der Waals surface area contributed by atoms with E-state index in [0.717, 1.165) is 31.4 Å². The van der Waals surface area contributed by atoms with E-state index in [1.165, 1.54) is 11.8 Å². The van der Waals surface area contributed by atoms with Crippen LogP contribution in [0.4, 0.5) is 0 Å². The molecule has 0 aromatic rings. The van der Waals surface area contributed by atoms with Gasteiger partial charge in [0.1, 0.15) is 0 Å². The van der Waals surface area contributed by atoms with E-state index < -0.39 is 24.1 Å². The zero-order chi connectivity index (χ0) is 25.8. The number of aliphatic carboxylic acids is 1. The summed E-state index contributed by atoms with van der Waals surface area (Å²) in [7, 11) is 0. The smallest absolute Gasteiger partial charge is 0.303 e. The van der Waals surface area contributed by atoms with Crippen LogP contribution in [0, 0.1) is 5.92 Å². The zero-order valence-electron chi connectivity index (χ0n) is 20.2. The molecular formula is C25H42N2O6S. The Kier molecular flexibility index (Phi) is 19.5. The van der Waals surface area contributed by atoms with Gasteiger partial charge >= 0.3 is 5.97 Å². The number of unbranched alkanes of at least 4 members (excludes halogenated alkanes) is 3. The highest BCUT2D eigenvalue weighted by Gasteiger charge is 2.24. The Morgan fingerprint density at radius 3 is 2.32 bits per heavy atom. The van der Waals surface area contributed by atoms with Gasteiger partial charge < -0.3 is 26.8 Å². The summed E-state index contributed by atoms with van der Waals surface area (Å²) in [6.07, 6.45) is 15.4. The molecule has 0 aromatic heterocycles. The van der Waals surface area contributed by atoms with Crippen molar-refractivity contribution in [1.82, 2.24) is 0 Å². The normalized spacial score (nSPS) is 18.5. The van der Waals surface area contributed by atoms with Gasteiger partial charge in [0.2, 0.25) is 5.12 Å². The molecule has 1 fully saturated rings. The van der Waals surface area contributed by atoms with Crippen LogP contribution in [0.5, 0.6) is 0 Å². The summed E-state index contributed by atoms with van der Waals surface area (Å²) in [5.74, 6) is -0.858. The molecule has 1 heterocycles. The molecule has 0 amide bonds. The summed E-state index contributed by atoms with van der Waals surface area (Å²) in [6.45, 7) is 1.95. The third kappa shape index (κ3) is 16.8. The van der Waals surface area contributed by atoms with Crippen LogP contribution < -0.4 is 11.5 Å². The average Bonchev–Trinajstić information content (AvgIpc) is 2.81. The minimum absolute atomic E-state index is 0.130. The lowest BCUT2D eigenvalue weighted by molar-refractivity contribution is -0.137. The molecule has 1 saturated heterocycles. The van der Waals surface area contributed by atoms with Crippen LogP contribution in [0.2, 0.25) is 0 Å². The molecule has 7 N–H and O–H groups in total. The zero-order valence-corrected chi connectivity index (χ0v) is 21.0. The molecule has 0 aromatic carbocycles. The predicted octanol–water partition coefficient (Wildman–Crippen LogP) is 2.72. The molecule has 1 aliphatic heterocycles. The van der Waals surface area contributed by atoms with Crippen molar-refractivity contribution in [2.45, 2.75) is 83.0 Å². The molecule has 194 valence electrons. The molecule has 9 heteroatoms. The quantitative estimate of drug-likeness (QED) is 0.150. The second kappa shape index (κ2) is 20.6. The van der Waals surface area contributed by atoms with Gasteiger partial charge in [0.05, 0.1) is 30.7 Å². The standard InChI is InChI=1S/C22H37NO5.C3H5NOS/c1-2-3-9-13-20(25)19(21(26)17-23)16-15-18(24)12-10-7-5-4-6-8-11-14-22(27)28;4-2-1-6-3(2)5/h4,6-7,10,15-16,18-20,24-25H,2-3,5,8-9,11-14,17,23H2,1H3,(H,27,28);2H,1,4H2. The van der Waals surface area contributed by atoms with Crippen LogP contribution in [0.1, 0.15) is 64.7 Å². The third-order valence-electron chi connectivity index (χ3n) is 5.08. The third-order valence-corrected chi connectivity index (χ3v) is 6.20. The number of hydrogen-bond donors (Lipinski definition) is 5. The SMILES string of the molecule is CCCCCC(O)C(C=CC(O)CC=CCC=CCCCC(=O)O)C(=O)CN.NC1CSC1=O. The van der Waals surface area contributed by atoms with Gasteiger partial charge in [-0.15, -0.1) is 0 Å². The van der Waals surface area contributed by atoms with Gasteiger partial charge in [-0.3, -0.25) is 14.4 Å². The minimum Gasteiger partial charge on any atom is -0.481 e. The molecule has 0 spiro atoms. The van der Waals surface area contributed by atoms with Crippen LogP contribution in [0.25, 0.3) is 0 Å². The number of nitrogens with two attached hydrogens (primary N) is 2. The van der Waals surface area contributed by atoms with E-state index in [1.807, 2.05) is 24.3 Å². The Hall–Kier alpha value is -1.78. The van der Waals surface area contributed by atoms with Crippen molar-refractivity contribution < 1.29 is 29.7 Å². The number of thioether (sulfide) groups is 1. The highest BCUT2D eigenvalue weighted by molar-refractivity contribution is 8.16. The van der Waals surface area contributed by atoms with E-state index >= 15 is 0 Å². The molecule has 0 saturated carbocycles. The number of carboxylic acids is 1. The maximum Gasteiger partial charge on any atom is 0.303 e. The number of aliphatic hydroxyl groups is 2. The van der Waals surface area contributed by atoms with E-state index in [9.17, 15) is 24.6 Å². The summed E-state index contributed by atoms with van der Waals surface area (Å²) < 4.78 is 0. The molecule has 4 unspecified atom stereocenters. The van der Waals surface area contributed by atoms with Crippen LogP contribution in [0.3, 0.4) is 0 Å². The Bertz CT molecular complexity index is 680. The largest absolute Gasteiger partial charge is 0.481 e. The molecular weight excluding hydrogens is 456 g/mol. The lowest BCUT2D eigenvalue weighted by Crippen LogP contribution is -2.39. The number of carbonyl (C=O) groups is 3. The fourth-order valence-corrected chi connectivity index (χ4v) is 3.43. The molecule has 34 heavy (non-hydrogen) atoms. The van der Waals surface area contributed by atoms with Gasteiger partial charge in [0.15, 0.2) is 5.78 Å². The van der Waals surface area contributed by atoms with Gasteiger partial charge in [-0.05, 0) is 32.1 Å². The van der Waals surface area contributed by atoms with Gasteiger partial charge in [0, 0.05) is 12.2 Å². The molecule has 4 atom stereocenters. The maximum absolute atomic E-state index is 12.0. The first-order valence-electron chi connectivity index (χ1n) is 11.9. The summed E-state index contributed by atoms with van der Waals surface area (Å²) in [5, 5.41) is 29.0. The first kappa shape index (κ1) is 32.2. The number of Topliss-reactive ketones (excluding diaryl/α,β-unsaturated/α-hetero) is 1. The molecule has 8 nitrogen and oxygen atoms in total. The van der Waals surface area contributed by atoms with Gasteiger partial charge in [-0.2, -0.15) is 0 Å². The van der Waals surface area contributed by atoms with E-state index in [4.69, 9.17) is 16.6 Å². The van der Waals surface area contributed by atoms with Crippen molar-refractivity contribution in [3.63, 3.8) is 0 Å².